The molecule has 0 saturated carbocycles. The summed E-state index contributed by atoms with van der Waals surface area (Å²) < 4.78 is 18.9. The molecule has 0 aliphatic carbocycles. The molecule has 1 saturated heterocycles. The molecule has 2 aromatic carbocycles. The van der Waals surface area contributed by atoms with Crippen molar-refractivity contribution in [2.24, 2.45) is 5.92 Å². The Morgan fingerprint density at radius 1 is 1.25 bits per heavy atom. The van der Waals surface area contributed by atoms with E-state index in [4.69, 9.17) is 16.3 Å². The lowest BCUT2D eigenvalue weighted by Crippen LogP contribution is -2.28. The van der Waals surface area contributed by atoms with Gasteiger partial charge in [-0.2, -0.15) is 0 Å². The van der Waals surface area contributed by atoms with Gasteiger partial charge in [-0.1, -0.05) is 29.8 Å². The minimum atomic E-state index is -0.757. The van der Waals surface area contributed by atoms with Crippen LogP contribution in [0.15, 0.2) is 42.5 Å². The summed E-state index contributed by atoms with van der Waals surface area (Å²) in [6.07, 6.45) is -0.0951. The summed E-state index contributed by atoms with van der Waals surface area (Å²) in [4.78, 5) is 37.6. The van der Waals surface area contributed by atoms with E-state index < -0.39 is 30.2 Å². The molecule has 146 valence electrons. The second-order valence-corrected chi connectivity index (χ2v) is 6.83. The van der Waals surface area contributed by atoms with Crippen LogP contribution in [0, 0.1) is 18.7 Å². The maximum atomic E-state index is 13.9. The molecule has 0 radical (unpaired) electrons. The largest absolute Gasteiger partial charge is 0.455 e. The van der Waals surface area contributed by atoms with Gasteiger partial charge in [-0.15, -0.1) is 0 Å². The van der Waals surface area contributed by atoms with E-state index in [2.05, 4.69) is 5.32 Å². The summed E-state index contributed by atoms with van der Waals surface area (Å²) in [6, 6.07) is 10.9. The molecule has 0 aromatic heterocycles. The Kier molecular flexibility index (Phi) is 5.94. The van der Waals surface area contributed by atoms with Gasteiger partial charge in [0, 0.05) is 23.7 Å². The summed E-state index contributed by atoms with van der Waals surface area (Å²) in [5, 5.41) is 3.13. The molecule has 1 atom stereocenters. The van der Waals surface area contributed by atoms with Crippen molar-refractivity contribution in [3.8, 4) is 0 Å². The molecule has 8 heteroatoms. The molecular weight excluding hydrogens is 387 g/mol. The third kappa shape index (κ3) is 4.31. The van der Waals surface area contributed by atoms with Crippen LogP contribution in [-0.2, 0) is 19.1 Å². The van der Waals surface area contributed by atoms with Gasteiger partial charge in [0.2, 0.25) is 5.91 Å². The number of nitrogens with zero attached hydrogens (tertiary/aromatic N) is 1. The van der Waals surface area contributed by atoms with E-state index in [0.29, 0.717) is 16.3 Å². The Labute approximate surface area is 166 Å². The predicted octanol–water partition coefficient (Wildman–Crippen LogP) is 3.32. The lowest BCUT2D eigenvalue weighted by molar-refractivity contribution is -0.151. The number of ether oxygens (including phenoxy) is 1. The molecule has 0 bridgehead atoms. The molecule has 28 heavy (non-hydrogen) atoms. The van der Waals surface area contributed by atoms with Gasteiger partial charge in [-0.25, -0.2) is 4.39 Å². The highest BCUT2D eigenvalue weighted by atomic mass is 35.5. The number of para-hydroxylation sites is 1. The zero-order chi connectivity index (χ0) is 20.3. The molecule has 2 amide bonds. The normalized spacial score (nSPS) is 16.2. The number of esters is 1. The Balaban J connectivity index is 1.55. The topological polar surface area (TPSA) is 75.7 Å². The van der Waals surface area contributed by atoms with E-state index in [9.17, 15) is 18.8 Å². The van der Waals surface area contributed by atoms with Gasteiger partial charge in [-0.05, 0) is 36.8 Å². The first kappa shape index (κ1) is 19.8. The van der Waals surface area contributed by atoms with Crippen molar-refractivity contribution in [3.05, 3.63) is 58.9 Å². The Morgan fingerprint density at radius 3 is 2.75 bits per heavy atom. The van der Waals surface area contributed by atoms with Crippen LogP contribution >= 0.6 is 11.6 Å². The second kappa shape index (κ2) is 8.39. The monoisotopic (exact) mass is 404 g/mol. The number of carbonyl (C=O) groups is 3. The smallest absolute Gasteiger partial charge is 0.311 e. The van der Waals surface area contributed by atoms with E-state index in [-0.39, 0.29) is 24.6 Å². The van der Waals surface area contributed by atoms with Crippen LogP contribution in [0.3, 0.4) is 0 Å². The molecule has 1 heterocycles. The van der Waals surface area contributed by atoms with Gasteiger partial charge >= 0.3 is 5.97 Å². The zero-order valence-corrected chi connectivity index (χ0v) is 15.8. The molecule has 0 spiro atoms. The van der Waals surface area contributed by atoms with E-state index in [1.165, 1.54) is 23.1 Å². The first-order valence-corrected chi connectivity index (χ1v) is 9.01. The Morgan fingerprint density at radius 2 is 2.00 bits per heavy atom. The maximum absolute atomic E-state index is 13.9. The highest BCUT2D eigenvalue weighted by Gasteiger charge is 2.37. The Hall–Kier alpha value is -2.93. The highest BCUT2D eigenvalue weighted by Crippen LogP contribution is 2.28. The van der Waals surface area contributed by atoms with Crippen LogP contribution in [0.4, 0.5) is 15.8 Å². The third-order valence-electron chi connectivity index (χ3n) is 4.49. The number of hydrogen-bond acceptors (Lipinski definition) is 4. The standard InChI is InChI=1S/C20H18ClFN2O4/c1-12-14(21)5-4-7-16(12)23-18(25)11-28-20(27)13-9-19(26)24(10-13)17-8-3-2-6-15(17)22/h2-8,13H,9-11H2,1H3,(H,23,25)/t13-/m0/s1. The van der Waals surface area contributed by atoms with Crippen molar-refractivity contribution < 1.29 is 23.5 Å². The SMILES string of the molecule is Cc1c(Cl)cccc1NC(=O)COC(=O)[C@H]1CC(=O)N(c2ccccc2F)C1. The van der Waals surface area contributed by atoms with Crippen LogP contribution < -0.4 is 10.2 Å². The highest BCUT2D eigenvalue weighted by molar-refractivity contribution is 6.31. The zero-order valence-electron chi connectivity index (χ0n) is 15.1. The van der Waals surface area contributed by atoms with Crippen LogP contribution in [0.1, 0.15) is 12.0 Å². The predicted molar refractivity (Wildman–Crippen MR) is 103 cm³/mol. The van der Waals surface area contributed by atoms with Gasteiger partial charge in [0.15, 0.2) is 6.61 Å². The summed E-state index contributed by atoms with van der Waals surface area (Å²) in [5.41, 5.74) is 1.35. The first-order valence-electron chi connectivity index (χ1n) is 8.63. The van der Waals surface area contributed by atoms with Crippen LogP contribution in [0.5, 0.6) is 0 Å². The summed E-state index contributed by atoms with van der Waals surface area (Å²) in [6.45, 7) is 1.27. The van der Waals surface area contributed by atoms with E-state index in [1.54, 1.807) is 31.2 Å². The first-order chi connectivity index (χ1) is 13.4. The minimum Gasteiger partial charge on any atom is -0.455 e. The Bertz CT molecular complexity index is 934. The maximum Gasteiger partial charge on any atom is 0.311 e. The lowest BCUT2D eigenvalue weighted by Gasteiger charge is -2.17. The molecule has 1 aliphatic rings. The number of anilines is 2. The summed E-state index contributed by atoms with van der Waals surface area (Å²) in [7, 11) is 0. The summed E-state index contributed by atoms with van der Waals surface area (Å²) in [5.74, 6) is -2.86. The van der Waals surface area contributed by atoms with Gasteiger partial charge in [0.1, 0.15) is 5.82 Å². The number of carbonyl (C=O) groups excluding carboxylic acids is 3. The second-order valence-electron chi connectivity index (χ2n) is 6.43. The number of rotatable bonds is 5. The number of amides is 2. The molecule has 1 N–H and O–H groups in total. The number of benzene rings is 2. The van der Waals surface area contributed by atoms with Gasteiger partial charge in [0.05, 0.1) is 11.6 Å². The number of nitrogens with one attached hydrogen (secondary N) is 1. The molecule has 0 unspecified atom stereocenters. The minimum absolute atomic E-state index is 0.00756. The molecular formula is C20H18ClFN2O4. The molecule has 3 rings (SSSR count). The fourth-order valence-electron chi connectivity index (χ4n) is 2.95. The van der Waals surface area contributed by atoms with E-state index >= 15 is 0 Å². The van der Waals surface area contributed by atoms with E-state index in [0.717, 1.165) is 0 Å². The molecule has 6 nitrogen and oxygen atoms in total. The van der Waals surface area contributed by atoms with Crippen molar-refractivity contribution in [3.63, 3.8) is 0 Å². The van der Waals surface area contributed by atoms with Crippen LogP contribution in [0.2, 0.25) is 5.02 Å². The lowest BCUT2D eigenvalue weighted by atomic mass is 10.1. The average Bonchev–Trinajstić information content (AvgIpc) is 3.05. The van der Waals surface area contributed by atoms with Crippen LogP contribution in [-0.4, -0.2) is 30.9 Å². The average molecular weight is 405 g/mol. The van der Waals surface area contributed by atoms with Crippen molar-refractivity contribution in [1.29, 1.82) is 0 Å². The van der Waals surface area contributed by atoms with Crippen molar-refractivity contribution >= 4 is 40.8 Å². The number of hydrogen-bond donors (Lipinski definition) is 1. The fourth-order valence-corrected chi connectivity index (χ4v) is 3.13. The summed E-state index contributed by atoms with van der Waals surface area (Å²) >= 11 is 6.00. The molecule has 1 fully saturated rings. The third-order valence-corrected chi connectivity index (χ3v) is 4.90. The van der Waals surface area contributed by atoms with Crippen molar-refractivity contribution in [2.45, 2.75) is 13.3 Å². The van der Waals surface area contributed by atoms with Gasteiger partial charge in [0.25, 0.3) is 5.91 Å². The van der Waals surface area contributed by atoms with Crippen molar-refractivity contribution in [2.75, 3.05) is 23.4 Å². The molecule has 2 aromatic rings. The quantitative estimate of drug-likeness (QED) is 0.776. The molecule has 1 aliphatic heterocycles. The fraction of sp³-hybridized carbons (Fsp3) is 0.250. The number of halogens is 2. The van der Waals surface area contributed by atoms with E-state index in [1.807, 2.05) is 0 Å². The van der Waals surface area contributed by atoms with Gasteiger partial charge < -0.3 is 15.0 Å². The van der Waals surface area contributed by atoms with Gasteiger partial charge in [-0.3, -0.25) is 14.4 Å². The van der Waals surface area contributed by atoms with Crippen molar-refractivity contribution in [1.82, 2.24) is 0 Å². The van der Waals surface area contributed by atoms with Crippen LogP contribution in [0.25, 0.3) is 0 Å².